The SMILES string of the molecule is C=CC[CH]c1cccc(C(F)(F)F)c1C(N)=O. The normalized spacial score (nSPS) is 11.2. The first-order valence-electron chi connectivity index (χ1n) is 4.82. The third-order valence-electron chi connectivity index (χ3n) is 2.15. The zero-order valence-electron chi connectivity index (χ0n) is 8.92. The van der Waals surface area contributed by atoms with Gasteiger partial charge in [0.1, 0.15) is 0 Å². The topological polar surface area (TPSA) is 43.1 Å². The Kier molecular flexibility index (Phi) is 3.93. The molecule has 5 heteroatoms. The van der Waals surface area contributed by atoms with Crippen molar-refractivity contribution >= 4 is 5.91 Å². The highest BCUT2D eigenvalue weighted by molar-refractivity contribution is 5.96. The molecular formula is C12H11F3NO. The van der Waals surface area contributed by atoms with Crippen molar-refractivity contribution in [2.24, 2.45) is 5.73 Å². The molecule has 0 spiro atoms. The van der Waals surface area contributed by atoms with E-state index in [1.54, 1.807) is 0 Å². The summed E-state index contributed by atoms with van der Waals surface area (Å²) < 4.78 is 38.0. The second-order valence-corrected chi connectivity index (χ2v) is 3.36. The van der Waals surface area contributed by atoms with Gasteiger partial charge < -0.3 is 5.73 Å². The number of alkyl halides is 3. The minimum Gasteiger partial charge on any atom is -0.366 e. The molecule has 1 radical (unpaired) electrons. The largest absolute Gasteiger partial charge is 0.417 e. The number of allylic oxidation sites excluding steroid dienone is 1. The van der Waals surface area contributed by atoms with Crippen LogP contribution in [0.3, 0.4) is 0 Å². The van der Waals surface area contributed by atoms with E-state index in [4.69, 9.17) is 5.73 Å². The minimum atomic E-state index is -4.59. The summed E-state index contributed by atoms with van der Waals surface area (Å²) in [5, 5.41) is 0. The molecule has 0 aliphatic heterocycles. The second-order valence-electron chi connectivity index (χ2n) is 3.36. The van der Waals surface area contributed by atoms with E-state index in [2.05, 4.69) is 6.58 Å². The van der Waals surface area contributed by atoms with Crippen LogP contribution in [0.15, 0.2) is 30.9 Å². The summed E-state index contributed by atoms with van der Waals surface area (Å²) >= 11 is 0. The lowest BCUT2D eigenvalue weighted by Crippen LogP contribution is -2.20. The van der Waals surface area contributed by atoms with E-state index in [1.165, 1.54) is 24.6 Å². The number of carbonyl (C=O) groups excluding carboxylic acids is 1. The summed E-state index contributed by atoms with van der Waals surface area (Å²) in [7, 11) is 0. The Hall–Kier alpha value is -1.78. The first-order valence-corrected chi connectivity index (χ1v) is 4.82. The van der Waals surface area contributed by atoms with Crippen molar-refractivity contribution in [2.75, 3.05) is 0 Å². The Bertz CT molecular complexity index is 438. The highest BCUT2D eigenvalue weighted by atomic mass is 19.4. The average molecular weight is 242 g/mol. The fourth-order valence-electron chi connectivity index (χ4n) is 1.46. The van der Waals surface area contributed by atoms with Crippen molar-refractivity contribution in [1.29, 1.82) is 0 Å². The van der Waals surface area contributed by atoms with Gasteiger partial charge in [-0.2, -0.15) is 13.2 Å². The Balaban J connectivity index is 3.32. The summed E-state index contributed by atoms with van der Waals surface area (Å²) in [4.78, 5) is 11.1. The van der Waals surface area contributed by atoms with Crippen molar-refractivity contribution in [1.82, 2.24) is 0 Å². The number of primary amides is 1. The van der Waals surface area contributed by atoms with Gasteiger partial charge in [0.05, 0.1) is 11.1 Å². The predicted molar refractivity (Wildman–Crippen MR) is 58.2 cm³/mol. The molecule has 0 aromatic heterocycles. The van der Waals surface area contributed by atoms with Gasteiger partial charge in [-0.1, -0.05) is 18.2 Å². The van der Waals surface area contributed by atoms with E-state index in [0.717, 1.165) is 6.07 Å². The quantitative estimate of drug-likeness (QED) is 0.810. The lowest BCUT2D eigenvalue weighted by atomic mass is 9.97. The average Bonchev–Trinajstić information content (AvgIpc) is 2.24. The molecule has 1 aromatic rings. The summed E-state index contributed by atoms with van der Waals surface area (Å²) in [6.07, 6.45) is -1.24. The van der Waals surface area contributed by atoms with Crippen LogP contribution in [0.4, 0.5) is 13.2 Å². The molecule has 0 atom stereocenters. The molecule has 1 rings (SSSR count). The maximum atomic E-state index is 12.7. The number of amides is 1. The van der Waals surface area contributed by atoms with Gasteiger partial charge in [-0.3, -0.25) is 4.79 Å². The summed E-state index contributed by atoms with van der Waals surface area (Å²) in [6, 6.07) is 3.49. The highest BCUT2D eigenvalue weighted by Crippen LogP contribution is 2.33. The number of nitrogens with two attached hydrogens (primary N) is 1. The monoisotopic (exact) mass is 242 g/mol. The van der Waals surface area contributed by atoms with Gasteiger partial charge in [-0.15, -0.1) is 6.58 Å². The highest BCUT2D eigenvalue weighted by Gasteiger charge is 2.35. The standard InChI is InChI=1S/C12H11F3NO/c1-2-3-5-8-6-4-7-9(12(13,14)15)10(8)11(16)17/h2,4-7H,1,3H2,(H2,16,17). The van der Waals surface area contributed by atoms with Crippen LogP contribution in [0.1, 0.15) is 27.9 Å². The van der Waals surface area contributed by atoms with Crippen LogP contribution < -0.4 is 5.73 Å². The van der Waals surface area contributed by atoms with E-state index in [-0.39, 0.29) is 5.56 Å². The van der Waals surface area contributed by atoms with Gasteiger partial charge in [0.25, 0.3) is 0 Å². The van der Waals surface area contributed by atoms with E-state index in [9.17, 15) is 18.0 Å². The van der Waals surface area contributed by atoms with Gasteiger partial charge in [0.15, 0.2) is 0 Å². The lowest BCUT2D eigenvalue weighted by Gasteiger charge is -2.14. The number of benzene rings is 1. The zero-order chi connectivity index (χ0) is 13.1. The fourth-order valence-corrected chi connectivity index (χ4v) is 1.46. The number of hydrogen-bond acceptors (Lipinski definition) is 1. The molecule has 2 N–H and O–H groups in total. The molecule has 0 aliphatic carbocycles. The molecule has 0 unspecified atom stereocenters. The smallest absolute Gasteiger partial charge is 0.366 e. The number of carbonyl (C=O) groups is 1. The van der Waals surface area contributed by atoms with E-state index < -0.39 is 23.2 Å². The summed E-state index contributed by atoms with van der Waals surface area (Å²) in [6.45, 7) is 3.45. The molecule has 17 heavy (non-hydrogen) atoms. The molecular weight excluding hydrogens is 231 g/mol. The molecule has 0 fully saturated rings. The van der Waals surface area contributed by atoms with Gasteiger partial charge in [0.2, 0.25) is 5.91 Å². The molecule has 1 amide bonds. The molecule has 0 bridgehead atoms. The van der Waals surface area contributed by atoms with Crippen LogP contribution in [-0.4, -0.2) is 5.91 Å². The van der Waals surface area contributed by atoms with Crippen molar-refractivity contribution in [3.8, 4) is 0 Å². The molecule has 91 valence electrons. The lowest BCUT2D eigenvalue weighted by molar-refractivity contribution is -0.137. The van der Waals surface area contributed by atoms with Crippen LogP contribution in [0, 0.1) is 6.42 Å². The van der Waals surface area contributed by atoms with Gasteiger partial charge in [0, 0.05) is 0 Å². The van der Waals surface area contributed by atoms with E-state index in [1.807, 2.05) is 0 Å². The van der Waals surface area contributed by atoms with Crippen LogP contribution in [-0.2, 0) is 6.18 Å². The minimum absolute atomic E-state index is 0.173. The summed E-state index contributed by atoms with van der Waals surface area (Å²) in [5.41, 5.74) is 3.66. The fraction of sp³-hybridized carbons (Fsp3) is 0.167. The van der Waals surface area contributed by atoms with Crippen molar-refractivity contribution in [3.63, 3.8) is 0 Å². The van der Waals surface area contributed by atoms with Crippen molar-refractivity contribution < 1.29 is 18.0 Å². The van der Waals surface area contributed by atoms with Crippen LogP contribution in [0.5, 0.6) is 0 Å². The van der Waals surface area contributed by atoms with E-state index in [0.29, 0.717) is 6.42 Å². The number of halogens is 3. The Morgan fingerprint density at radius 2 is 2.06 bits per heavy atom. The number of rotatable bonds is 4. The third kappa shape index (κ3) is 3.09. The molecule has 2 nitrogen and oxygen atoms in total. The van der Waals surface area contributed by atoms with Crippen LogP contribution >= 0.6 is 0 Å². The van der Waals surface area contributed by atoms with E-state index >= 15 is 0 Å². The number of hydrogen-bond donors (Lipinski definition) is 1. The second kappa shape index (κ2) is 5.03. The summed E-state index contributed by atoms with van der Waals surface area (Å²) in [5.74, 6) is -1.09. The molecule has 0 saturated carbocycles. The third-order valence-corrected chi connectivity index (χ3v) is 2.15. The van der Waals surface area contributed by atoms with Gasteiger partial charge in [-0.25, -0.2) is 0 Å². The maximum Gasteiger partial charge on any atom is 0.417 e. The molecule has 0 aliphatic rings. The maximum absolute atomic E-state index is 12.7. The van der Waals surface area contributed by atoms with Gasteiger partial charge >= 0.3 is 6.18 Å². The molecule has 1 aromatic carbocycles. The molecule has 0 heterocycles. The first-order chi connectivity index (χ1) is 7.88. The Morgan fingerprint density at radius 3 is 2.53 bits per heavy atom. The van der Waals surface area contributed by atoms with Crippen LogP contribution in [0.2, 0.25) is 0 Å². The first kappa shape index (κ1) is 13.3. The molecule has 0 saturated heterocycles. The zero-order valence-corrected chi connectivity index (χ0v) is 8.92. The Labute approximate surface area is 96.9 Å². The van der Waals surface area contributed by atoms with Crippen molar-refractivity contribution in [2.45, 2.75) is 12.6 Å². The van der Waals surface area contributed by atoms with Crippen molar-refractivity contribution in [3.05, 3.63) is 54.0 Å². The predicted octanol–water partition coefficient (Wildman–Crippen LogP) is 2.93. The van der Waals surface area contributed by atoms with Crippen LogP contribution in [0.25, 0.3) is 0 Å². The Morgan fingerprint density at radius 1 is 1.41 bits per heavy atom. The van der Waals surface area contributed by atoms with Gasteiger partial charge in [-0.05, 0) is 24.5 Å².